The Hall–Kier alpha value is -1.66. The lowest BCUT2D eigenvalue weighted by Gasteiger charge is -2.46. The quantitative estimate of drug-likeness (QED) is 0.0491. The summed E-state index contributed by atoms with van der Waals surface area (Å²) in [5.41, 5.74) is 19.7. The van der Waals surface area contributed by atoms with Crippen LogP contribution in [0.15, 0.2) is 4.99 Å². The number of hydrogen-bond donors (Lipinski definition) is 13. The summed E-state index contributed by atoms with van der Waals surface area (Å²) in [6, 6.07) is -3.87. The number of rotatable bonds is 10. The van der Waals surface area contributed by atoms with E-state index in [4.69, 9.17) is 41.9 Å². The van der Waals surface area contributed by atoms with Gasteiger partial charge in [-0.1, -0.05) is 0 Å². The third kappa shape index (κ3) is 6.23. The normalized spacial score (nSPS) is 47.8. The molecule has 3 rings (SSSR count). The van der Waals surface area contributed by atoms with Gasteiger partial charge < -0.3 is 82.9 Å². The Morgan fingerprint density at radius 2 is 1.62 bits per heavy atom. The number of carbonyl (C=O) groups is 1. The molecule has 0 bridgehead atoms. The number of ether oxygens (including phenoxy) is 4. The number of nitrogens with one attached hydrogen (secondary N) is 2. The van der Waals surface area contributed by atoms with Crippen molar-refractivity contribution in [3.05, 3.63) is 0 Å². The maximum atomic E-state index is 12.1. The Labute approximate surface area is 229 Å². The zero-order chi connectivity index (χ0) is 30.1. The molecule has 0 aromatic heterocycles. The van der Waals surface area contributed by atoms with E-state index in [1.54, 1.807) is 0 Å². The molecule has 1 saturated carbocycles. The van der Waals surface area contributed by atoms with E-state index in [0.717, 1.165) is 0 Å². The van der Waals surface area contributed by atoms with Gasteiger partial charge in [0.15, 0.2) is 30.4 Å². The number of likely N-dealkylation sites (N-methyl/N-ethyl adjacent to an activating group) is 1. The molecule has 2 saturated heterocycles. The summed E-state index contributed by atoms with van der Waals surface area (Å²) in [7, 11) is 1.42. The minimum absolute atomic E-state index is 0.148. The van der Waals surface area contributed by atoms with E-state index in [1.165, 1.54) is 14.0 Å². The fourth-order valence-corrected chi connectivity index (χ4v) is 5.19. The van der Waals surface area contributed by atoms with Gasteiger partial charge in [-0.05, 0) is 14.0 Å². The van der Waals surface area contributed by atoms with Crippen LogP contribution in [0.2, 0.25) is 0 Å². The van der Waals surface area contributed by atoms with Crippen molar-refractivity contribution in [1.29, 1.82) is 0 Å². The Morgan fingerprint density at radius 3 is 2.15 bits per heavy atom. The summed E-state index contributed by atoms with van der Waals surface area (Å²) in [6.45, 7) is 0.632. The van der Waals surface area contributed by atoms with Gasteiger partial charge in [0, 0.05) is 0 Å². The van der Waals surface area contributed by atoms with Crippen LogP contribution in [-0.2, 0) is 23.7 Å². The molecule has 3 aliphatic rings. The second-order valence-electron chi connectivity index (χ2n) is 10.1. The number of aliphatic hydroxyl groups excluding tert-OH is 6. The van der Waals surface area contributed by atoms with Gasteiger partial charge in [-0.3, -0.25) is 10.1 Å². The summed E-state index contributed by atoms with van der Waals surface area (Å²) in [4.78, 5) is 16.0. The van der Waals surface area contributed by atoms with Gasteiger partial charge in [-0.2, -0.15) is 0 Å². The highest BCUT2D eigenvalue weighted by Crippen LogP contribution is 2.38. The molecule has 1 aliphatic carbocycles. The molecular formula is C21H41N7O12. The van der Waals surface area contributed by atoms with Gasteiger partial charge in [-0.25, -0.2) is 4.99 Å². The number of nitrogens with zero attached hydrogens (tertiary/aromatic N) is 1. The van der Waals surface area contributed by atoms with Crippen molar-refractivity contribution in [3.8, 4) is 0 Å². The number of guanidine groups is 1. The summed E-state index contributed by atoms with van der Waals surface area (Å²) in [5, 5.41) is 79.3. The standard InChI is InChI=1S/C21H41N7O12/c1-5-21(36,4-30)16(40-17-9(26-2)13(34)10(31)6(3-29)38-17)18(37-5)39-15-8(28-20(24)25)11(32)7(27-19(22)23)12(33)14(15)35/h4-19,26-27,29,31-36H,3,22-23H2,1-2H3,(H4,24,25,28)/t5-,6-,7+,8+,9-,10-,11+,12-,13-,14+,15+,16-,17+,18-,21+/m0/s1. The number of aldehydes is 1. The average molecular weight is 584 g/mol. The van der Waals surface area contributed by atoms with E-state index in [1.807, 2.05) is 0 Å². The van der Waals surface area contributed by atoms with Crippen LogP contribution >= 0.6 is 0 Å². The SMILES string of the molecule is CN[C@@H]1[C@@H](O[C@H]2[C@H](O[C@H]3[C@H](O)[C@@H](O)[C@H](NC(N)N)[C@@H](O)[C@H]3N=C(N)N)O[C@@H](C)[C@]2(O)C=O)O[C@@H](CO)[C@H](O)[C@H]1O. The number of aliphatic hydroxyl groups is 7. The largest absolute Gasteiger partial charge is 0.394 e. The van der Waals surface area contributed by atoms with Crippen molar-refractivity contribution in [2.24, 2.45) is 27.9 Å². The van der Waals surface area contributed by atoms with E-state index >= 15 is 0 Å². The van der Waals surface area contributed by atoms with E-state index in [2.05, 4.69) is 15.6 Å². The molecule has 232 valence electrons. The monoisotopic (exact) mass is 583 g/mol. The van der Waals surface area contributed by atoms with Crippen LogP contribution in [0.5, 0.6) is 0 Å². The molecule has 2 heterocycles. The van der Waals surface area contributed by atoms with Gasteiger partial charge in [0.1, 0.15) is 55.1 Å². The van der Waals surface area contributed by atoms with Crippen molar-refractivity contribution in [2.75, 3.05) is 13.7 Å². The first-order valence-corrected chi connectivity index (χ1v) is 12.6. The fraction of sp³-hybridized carbons (Fsp3) is 0.905. The Bertz CT molecular complexity index is 887. The van der Waals surface area contributed by atoms with Gasteiger partial charge in [0.25, 0.3) is 0 Å². The molecule has 17 N–H and O–H groups in total. The van der Waals surface area contributed by atoms with Crippen LogP contribution in [0, 0.1) is 0 Å². The van der Waals surface area contributed by atoms with Crippen molar-refractivity contribution < 1.29 is 59.5 Å². The highest BCUT2D eigenvalue weighted by atomic mass is 16.8. The minimum Gasteiger partial charge on any atom is -0.394 e. The maximum absolute atomic E-state index is 12.1. The molecule has 0 amide bonds. The van der Waals surface area contributed by atoms with E-state index in [9.17, 15) is 40.5 Å². The Kier molecular flexibility index (Phi) is 10.8. The molecule has 0 aromatic carbocycles. The second-order valence-corrected chi connectivity index (χ2v) is 10.1. The molecule has 19 nitrogen and oxygen atoms in total. The average Bonchev–Trinajstić information content (AvgIpc) is 3.13. The van der Waals surface area contributed by atoms with Crippen molar-refractivity contribution in [1.82, 2.24) is 10.6 Å². The summed E-state index contributed by atoms with van der Waals surface area (Å²) in [5.74, 6) is -0.509. The van der Waals surface area contributed by atoms with Crippen LogP contribution in [0.25, 0.3) is 0 Å². The van der Waals surface area contributed by atoms with Crippen molar-refractivity contribution in [2.45, 2.75) is 104 Å². The Morgan fingerprint density at radius 1 is 1.00 bits per heavy atom. The molecule has 40 heavy (non-hydrogen) atoms. The predicted octanol–water partition coefficient (Wildman–Crippen LogP) is -8.64. The van der Waals surface area contributed by atoms with Crippen molar-refractivity contribution >= 4 is 12.2 Å². The molecule has 0 aromatic rings. The molecule has 0 spiro atoms. The van der Waals surface area contributed by atoms with E-state index in [-0.39, 0.29) is 6.29 Å². The molecular weight excluding hydrogens is 542 g/mol. The third-order valence-corrected chi connectivity index (χ3v) is 7.46. The number of nitrogens with two attached hydrogens (primary N) is 4. The summed E-state index contributed by atoms with van der Waals surface area (Å²) in [6.07, 6.45) is -18.2. The van der Waals surface area contributed by atoms with Gasteiger partial charge >= 0.3 is 0 Å². The second kappa shape index (κ2) is 13.1. The van der Waals surface area contributed by atoms with Crippen LogP contribution < -0.4 is 33.6 Å². The lowest BCUT2D eigenvalue weighted by molar-refractivity contribution is -0.314. The van der Waals surface area contributed by atoms with Gasteiger partial charge in [0.2, 0.25) is 0 Å². The first kappa shape index (κ1) is 32.8. The molecule has 0 radical (unpaired) electrons. The molecule has 19 heteroatoms. The number of hydrogen-bond acceptors (Lipinski definition) is 17. The zero-order valence-corrected chi connectivity index (χ0v) is 21.9. The Balaban J connectivity index is 1.95. The summed E-state index contributed by atoms with van der Waals surface area (Å²) >= 11 is 0. The highest BCUT2D eigenvalue weighted by molar-refractivity contribution is 5.76. The van der Waals surface area contributed by atoms with E-state index < -0.39 is 110 Å². The maximum Gasteiger partial charge on any atom is 0.188 e. The van der Waals surface area contributed by atoms with Crippen molar-refractivity contribution in [3.63, 3.8) is 0 Å². The first-order valence-electron chi connectivity index (χ1n) is 12.6. The van der Waals surface area contributed by atoms with Crippen LogP contribution in [-0.4, -0.2) is 159 Å². The highest BCUT2D eigenvalue weighted by Gasteiger charge is 2.60. The molecule has 2 aliphatic heterocycles. The number of aliphatic imine (C=N–C) groups is 1. The van der Waals surface area contributed by atoms with E-state index in [0.29, 0.717) is 0 Å². The molecule has 3 fully saturated rings. The van der Waals surface area contributed by atoms with Crippen LogP contribution in [0.1, 0.15) is 6.92 Å². The topological polar surface area (TPSA) is 336 Å². The van der Waals surface area contributed by atoms with Gasteiger partial charge in [-0.15, -0.1) is 0 Å². The van der Waals surface area contributed by atoms with Gasteiger partial charge in [0.05, 0.1) is 30.9 Å². The smallest absolute Gasteiger partial charge is 0.188 e. The lowest BCUT2D eigenvalue weighted by Crippen LogP contribution is -2.71. The zero-order valence-electron chi connectivity index (χ0n) is 21.9. The fourth-order valence-electron chi connectivity index (χ4n) is 5.19. The lowest BCUT2D eigenvalue weighted by atomic mass is 9.81. The molecule has 0 unspecified atom stereocenters. The van der Waals surface area contributed by atoms with Crippen LogP contribution in [0.3, 0.4) is 0 Å². The predicted molar refractivity (Wildman–Crippen MR) is 132 cm³/mol. The third-order valence-electron chi connectivity index (χ3n) is 7.46. The molecule has 15 atom stereocenters. The summed E-state index contributed by atoms with van der Waals surface area (Å²) < 4.78 is 23.0. The van der Waals surface area contributed by atoms with Crippen LogP contribution in [0.4, 0.5) is 0 Å². The minimum atomic E-state index is -2.37. The number of carbonyl (C=O) groups excluding carboxylic acids is 1. The first-order chi connectivity index (χ1) is 18.7.